The summed E-state index contributed by atoms with van der Waals surface area (Å²) in [6.07, 6.45) is -6.24. The van der Waals surface area contributed by atoms with E-state index in [0.717, 1.165) is 5.52 Å². The van der Waals surface area contributed by atoms with Crippen LogP contribution >= 0.6 is 11.6 Å². The van der Waals surface area contributed by atoms with Crippen molar-refractivity contribution < 1.29 is 26.8 Å². The predicted octanol–water partition coefficient (Wildman–Crippen LogP) is 5.19. The van der Waals surface area contributed by atoms with Crippen LogP contribution in [0.5, 0.6) is 0 Å². The van der Waals surface area contributed by atoms with Crippen molar-refractivity contribution in [1.82, 2.24) is 19.3 Å². The summed E-state index contributed by atoms with van der Waals surface area (Å²) in [5.41, 5.74) is -0.296. The second kappa shape index (κ2) is 8.06. The highest BCUT2D eigenvalue weighted by Gasteiger charge is 2.28. The number of fused-ring (bicyclic) bond motifs is 1. The van der Waals surface area contributed by atoms with Crippen molar-refractivity contribution >= 4 is 34.5 Å². The molecule has 0 aliphatic heterocycles. The second-order valence-corrected chi connectivity index (χ2v) is 6.92. The van der Waals surface area contributed by atoms with Crippen molar-refractivity contribution in [3.05, 3.63) is 64.3 Å². The van der Waals surface area contributed by atoms with Gasteiger partial charge in [-0.2, -0.15) is 5.10 Å². The molecule has 0 aliphatic rings. The van der Waals surface area contributed by atoms with Gasteiger partial charge in [0.05, 0.1) is 22.6 Å². The Hall–Kier alpha value is -3.34. The van der Waals surface area contributed by atoms with E-state index in [9.17, 15) is 22.4 Å². The maximum Gasteiger partial charge on any atom is 0.293 e. The van der Waals surface area contributed by atoms with E-state index in [1.165, 1.54) is 12.1 Å². The number of alkyl halides is 4. The normalized spacial score (nSPS) is 11.7. The molecule has 1 amide bonds. The van der Waals surface area contributed by atoms with Gasteiger partial charge < -0.3 is 8.98 Å². The summed E-state index contributed by atoms with van der Waals surface area (Å²) < 4.78 is 60.2. The summed E-state index contributed by atoms with van der Waals surface area (Å²) in [6, 6.07) is 9.97. The molecule has 12 heteroatoms. The number of amides is 1. The van der Waals surface area contributed by atoms with Crippen LogP contribution in [-0.4, -0.2) is 25.2 Å². The van der Waals surface area contributed by atoms with Crippen LogP contribution in [0.25, 0.3) is 11.0 Å². The third-order valence-corrected chi connectivity index (χ3v) is 4.96. The largest absolute Gasteiger partial charge is 0.454 e. The summed E-state index contributed by atoms with van der Waals surface area (Å²) in [5.74, 6) is -0.403. The van der Waals surface area contributed by atoms with Crippen LogP contribution in [0.2, 0.25) is 5.02 Å². The van der Waals surface area contributed by atoms with Crippen molar-refractivity contribution in [2.24, 2.45) is 7.05 Å². The van der Waals surface area contributed by atoms with E-state index in [0.29, 0.717) is 10.2 Å². The lowest BCUT2D eigenvalue weighted by molar-refractivity contribution is 0.0992. The van der Waals surface area contributed by atoms with Gasteiger partial charge in [-0.05, 0) is 24.3 Å². The van der Waals surface area contributed by atoms with Gasteiger partial charge in [-0.15, -0.1) is 0 Å². The molecule has 0 bridgehead atoms. The van der Waals surface area contributed by atoms with E-state index in [2.05, 4.69) is 15.4 Å². The van der Waals surface area contributed by atoms with E-state index in [-0.39, 0.29) is 17.5 Å². The number of halogens is 5. The zero-order valence-corrected chi connectivity index (χ0v) is 16.6. The average Bonchev–Trinajstić information content (AvgIpc) is 3.39. The molecule has 0 radical (unpaired) electrons. The molecule has 0 saturated heterocycles. The quantitative estimate of drug-likeness (QED) is 0.406. The molecule has 0 spiro atoms. The molecule has 4 aromatic rings. The van der Waals surface area contributed by atoms with Crippen molar-refractivity contribution in [1.29, 1.82) is 0 Å². The number of nitrogens with zero attached hydrogens (tertiary/aromatic N) is 4. The Kier molecular flexibility index (Phi) is 5.44. The van der Waals surface area contributed by atoms with Gasteiger partial charge in [0.15, 0.2) is 5.76 Å². The van der Waals surface area contributed by atoms with Crippen LogP contribution in [0, 0.1) is 0 Å². The Morgan fingerprint density at radius 1 is 1.16 bits per heavy atom. The Bertz CT molecular complexity index is 1260. The number of aryl methyl sites for hydroxylation is 1. The van der Waals surface area contributed by atoms with Gasteiger partial charge in [-0.3, -0.25) is 14.8 Å². The lowest BCUT2D eigenvalue weighted by atomic mass is 10.3. The summed E-state index contributed by atoms with van der Waals surface area (Å²) in [7, 11) is 1.73. The van der Waals surface area contributed by atoms with Gasteiger partial charge in [-0.1, -0.05) is 23.7 Å². The molecule has 3 heterocycles. The molecule has 4 rings (SSSR count). The highest BCUT2D eigenvalue weighted by atomic mass is 35.5. The summed E-state index contributed by atoms with van der Waals surface area (Å²) >= 11 is 5.63. The first-order valence-corrected chi connectivity index (χ1v) is 9.28. The van der Waals surface area contributed by atoms with Crippen LogP contribution < -0.4 is 5.32 Å². The minimum Gasteiger partial charge on any atom is -0.454 e. The Morgan fingerprint density at radius 3 is 2.58 bits per heavy atom. The number of rotatable bonds is 6. The van der Waals surface area contributed by atoms with Crippen LogP contribution in [0.4, 0.5) is 23.5 Å². The molecule has 7 nitrogen and oxygen atoms in total. The SMILES string of the molecule is Cn1c(NC(=O)c2ccc(Cn3nc(C(F)F)c(Cl)c3C(F)F)o2)nc2ccccc21. The monoisotopic (exact) mass is 455 g/mol. The fraction of sp³-hybridized carbons (Fsp3) is 0.211. The molecule has 3 aromatic heterocycles. The number of carbonyl (C=O) groups excluding carboxylic acids is 1. The topological polar surface area (TPSA) is 77.9 Å². The third kappa shape index (κ3) is 3.88. The molecule has 0 fully saturated rings. The lowest BCUT2D eigenvalue weighted by Crippen LogP contribution is -2.14. The van der Waals surface area contributed by atoms with Gasteiger partial charge in [0.1, 0.15) is 17.1 Å². The number of aromatic nitrogens is 4. The Balaban J connectivity index is 1.55. The van der Waals surface area contributed by atoms with E-state index < -0.39 is 41.7 Å². The number of imidazole rings is 1. The van der Waals surface area contributed by atoms with Crippen molar-refractivity contribution in [3.63, 3.8) is 0 Å². The zero-order valence-electron chi connectivity index (χ0n) is 15.8. The summed E-state index contributed by atoms with van der Waals surface area (Å²) in [5, 5.41) is 5.28. The number of benzene rings is 1. The van der Waals surface area contributed by atoms with Crippen molar-refractivity contribution in [3.8, 4) is 0 Å². The van der Waals surface area contributed by atoms with E-state index in [1.54, 1.807) is 17.7 Å². The first-order chi connectivity index (χ1) is 14.8. The summed E-state index contributed by atoms with van der Waals surface area (Å²) in [4.78, 5) is 16.8. The maximum absolute atomic E-state index is 13.3. The fourth-order valence-electron chi connectivity index (χ4n) is 3.09. The number of para-hydroxylation sites is 2. The van der Waals surface area contributed by atoms with Crippen LogP contribution in [0.15, 0.2) is 40.8 Å². The van der Waals surface area contributed by atoms with E-state index in [1.807, 2.05) is 18.2 Å². The van der Waals surface area contributed by atoms with Crippen LogP contribution in [0.1, 0.15) is 40.6 Å². The number of carbonyl (C=O) groups is 1. The highest BCUT2D eigenvalue weighted by Crippen LogP contribution is 2.35. The molecule has 0 saturated carbocycles. The number of anilines is 1. The molecular weight excluding hydrogens is 442 g/mol. The second-order valence-electron chi connectivity index (χ2n) is 6.55. The van der Waals surface area contributed by atoms with Gasteiger partial charge in [0, 0.05) is 7.05 Å². The molecule has 1 N–H and O–H groups in total. The molecule has 1 aromatic carbocycles. The maximum atomic E-state index is 13.3. The standard InChI is InChI=1S/C19H14ClF4N5O2/c1-28-11-5-3-2-4-10(11)25-19(28)26-18(30)12-7-6-9(31-12)8-29-15(17(23)24)13(20)14(27-29)16(21)22/h2-7,16-17H,8H2,1H3,(H,25,26,30). The minimum absolute atomic E-state index is 0.0528. The Labute approximate surface area is 177 Å². The predicted molar refractivity (Wildman–Crippen MR) is 104 cm³/mol. The first-order valence-electron chi connectivity index (χ1n) is 8.90. The number of nitrogens with one attached hydrogen (secondary N) is 1. The van der Waals surface area contributed by atoms with Gasteiger partial charge in [-0.25, -0.2) is 22.5 Å². The summed E-state index contributed by atoms with van der Waals surface area (Å²) in [6.45, 7) is -0.411. The smallest absolute Gasteiger partial charge is 0.293 e. The average molecular weight is 456 g/mol. The molecule has 0 aliphatic carbocycles. The molecule has 31 heavy (non-hydrogen) atoms. The molecule has 0 unspecified atom stereocenters. The number of hydrogen-bond acceptors (Lipinski definition) is 4. The van der Waals surface area contributed by atoms with Crippen LogP contribution in [-0.2, 0) is 13.6 Å². The highest BCUT2D eigenvalue weighted by molar-refractivity contribution is 6.32. The zero-order chi connectivity index (χ0) is 22.3. The molecule has 0 atom stereocenters. The third-order valence-electron chi connectivity index (χ3n) is 4.57. The van der Waals surface area contributed by atoms with E-state index in [4.69, 9.17) is 16.0 Å². The van der Waals surface area contributed by atoms with Crippen molar-refractivity contribution in [2.45, 2.75) is 19.4 Å². The van der Waals surface area contributed by atoms with Gasteiger partial charge in [0.2, 0.25) is 5.95 Å². The fourth-order valence-corrected chi connectivity index (χ4v) is 3.39. The van der Waals surface area contributed by atoms with Crippen molar-refractivity contribution in [2.75, 3.05) is 5.32 Å². The van der Waals surface area contributed by atoms with Crippen LogP contribution in [0.3, 0.4) is 0 Å². The van der Waals surface area contributed by atoms with Gasteiger partial charge >= 0.3 is 0 Å². The molecule has 162 valence electrons. The lowest BCUT2D eigenvalue weighted by Gasteiger charge is -2.05. The molecular formula is C19H14ClF4N5O2. The Morgan fingerprint density at radius 2 is 1.90 bits per heavy atom. The van der Waals surface area contributed by atoms with E-state index >= 15 is 0 Å². The minimum atomic E-state index is -3.12. The first kappa shape index (κ1) is 20.9. The van der Waals surface area contributed by atoms with Gasteiger partial charge in [0.25, 0.3) is 18.8 Å². The number of furan rings is 1. The number of hydrogen-bond donors (Lipinski definition) is 1.